The van der Waals surface area contributed by atoms with Crippen LogP contribution in [0.4, 0.5) is 21.9 Å². The molecular formula is C44H38Cl2N3O5S+. The second kappa shape index (κ2) is 14.9. The summed E-state index contributed by atoms with van der Waals surface area (Å²) >= 11 is 13.2. The summed E-state index contributed by atoms with van der Waals surface area (Å²) in [5.41, 5.74) is 4.18. The number of rotatable bonds is 8. The molecule has 0 N–H and O–H groups in total. The lowest BCUT2D eigenvalue weighted by molar-refractivity contribution is 0.0264. The van der Waals surface area contributed by atoms with Gasteiger partial charge < -0.3 is 14.1 Å². The van der Waals surface area contributed by atoms with E-state index in [1.165, 1.54) is 13.1 Å². The van der Waals surface area contributed by atoms with Gasteiger partial charge in [0.15, 0.2) is 0 Å². The molecule has 0 spiro atoms. The van der Waals surface area contributed by atoms with Crippen molar-refractivity contribution in [1.82, 2.24) is 8.88 Å². The Morgan fingerprint density at radius 2 is 1.40 bits per heavy atom. The van der Waals surface area contributed by atoms with Gasteiger partial charge in [0, 0.05) is 60.1 Å². The molecule has 55 heavy (non-hydrogen) atoms. The van der Waals surface area contributed by atoms with Crippen LogP contribution in [0.5, 0.6) is 0 Å². The lowest BCUT2D eigenvalue weighted by Gasteiger charge is -2.28. The summed E-state index contributed by atoms with van der Waals surface area (Å²) in [6.45, 7) is 3.44. The number of carbonyl (C=O) groups excluding carboxylic acids is 1. The number of halogens is 2. The molecule has 11 heteroatoms. The molecule has 278 valence electrons. The Kier molecular flexibility index (Phi) is 10.2. The maximum atomic E-state index is 14.5. The summed E-state index contributed by atoms with van der Waals surface area (Å²) in [5.74, 6) is 0.501. The van der Waals surface area contributed by atoms with Gasteiger partial charge in [-0.25, -0.2) is 17.5 Å². The molecule has 5 aromatic carbocycles. The number of para-hydroxylation sites is 2. The zero-order valence-corrected chi connectivity index (χ0v) is 33.2. The highest BCUT2D eigenvalue weighted by molar-refractivity contribution is 7.89. The van der Waals surface area contributed by atoms with Gasteiger partial charge in [-0.05, 0) is 61.9 Å². The van der Waals surface area contributed by atoms with E-state index in [1.54, 1.807) is 32.0 Å². The Morgan fingerprint density at radius 1 is 0.745 bits per heavy atom. The van der Waals surface area contributed by atoms with E-state index in [9.17, 15) is 13.2 Å². The summed E-state index contributed by atoms with van der Waals surface area (Å²) in [6.07, 6.45) is -1.01. The quantitative estimate of drug-likeness (QED) is 0.113. The van der Waals surface area contributed by atoms with Crippen LogP contribution in [0, 0.1) is 0 Å². The van der Waals surface area contributed by atoms with Crippen molar-refractivity contribution in [2.75, 3.05) is 26.0 Å². The normalized spacial score (nSPS) is 12.4. The minimum Gasteiger partial charge on any atom is -0.456 e. The van der Waals surface area contributed by atoms with E-state index < -0.39 is 21.7 Å². The van der Waals surface area contributed by atoms with Gasteiger partial charge in [-0.3, -0.25) is 0 Å². The molecule has 7 rings (SSSR count). The van der Waals surface area contributed by atoms with Gasteiger partial charge in [-0.2, -0.15) is 4.58 Å². The smallest absolute Gasteiger partial charge is 0.424 e. The number of fused-ring (bicyclic) bond motifs is 2. The van der Waals surface area contributed by atoms with Gasteiger partial charge in [0.25, 0.3) is 10.0 Å². The van der Waals surface area contributed by atoms with Gasteiger partial charge >= 0.3 is 6.09 Å². The highest BCUT2D eigenvalue weighted by Gasteiger charge is 2.35. The zero-order chi connectivity index (χ0) is 39.1. The molecule has 1 aliphatic carbocycles. The molecule has 1 amide bonds. The van der Waals surface area contributed by atoms with Crippen molar-refractivity contribution in [3.8, 4) is 22.5 Å². The third-order valence-corrected chi connectivity index (χ3v) is 12.2. The predicted molar refractivity (Wildman–Crippen MR) is 221 cm³/mol. The second-order valence-electron chi connectivity index (χ2n) is 13.6. The summed E-state index contributed by atoms with van der Waals surface area (Å²) in [7, 11) is 0.584. The van der Waals surface area contributed by atoms with Crippen molar-refractivity contribution in [2.24, 2.45) is 0 Å². The molecular weight excluding hydrogens is 753 g/mol. The van der Waals surface area contributed by atoms with Gasteiger partial charge in [-0.15, -0.1) is 0 Å². The van der Waals surface area contributed by atoms with E-state index in [0.29, 0.717) is 47.8 Å². The number of nitrogens with zero attached hydrogens (tertiary/aromatic N) is 3. The minimum atomic E-state index is -4.45. The lowest BCUT2D eigenvalue weighted by atomic mass is 9.93. The molecule has 0 unspecified atom stereocenters. The third-order valence-electron chi connectivity index (χ3n) is 9.75. The van der Waals surface area contributed by atoms with Crippen molar-refractivity contribution in [2.45, 2.75) is 24.3 Å². The predicted octanol–water partition coefficient (Wildman–Crippen LogP) is 10.7. The van der Waals surface area contributed by atoms with Gasteiger partial charge in [0.05, 0.1) is 21.7 Å². The number of hydrogen-bond acceptors (Lipinski definition) is 6. The van der Waals surface area contributed by atoms with E-state index in [2.05, 4.69) is 0 Å². The molecule has 0 saturated carbocycles. The van der Waals surface area contributed by atoms with Crippen molar-refractivity contribution >= 4 is 67.3 Å². The van der Waals surface area contributed by atoms with Crippen molar-refractivity contribution in [3.63, 3.8) is 0 Å². The van der Waals surface area contributed by atoms with Crippen LogP contribution in [0.25, 0.3) is 33.4 Å². The summed E-state index contributed by atoms with van der Waals surface area (Å²) in [4.78, 5) is 15.5. The number of benzene rings is 6. The van der Waals surface area contributed by atoms with Gasteiger partial charge in [-0.1, -0.05) is 96.0 Å². The Labute approximate surface area is 330 Å². The summed E-state index contributed by atoms with van der Waals surface area (Å²) in [6, 6.07) is 42.4. The standard InChI is InChI=1S/C44H38Cl2N3O5S/c1-44(2,29-15-7-6-8-16-29)54-43(50)49(5)55(51,52)41-22-14-9-17-34(41)42-32-25-23-30(47(3)37-20-12-10-18-35(37)45)27-39(32)53-40-28-31(24-26-33(40)42)48(4)38-21-13-11-19-36(38)46/h6-28H,1-5H3/q+1. The molecule has 1 heterocycles. The molecule has 0 atom stereocenters. The van der Waals surface area contributed by atoms with Gasteiger partial charge in [0.2, 0.25) is 11.0 Å². The molecule has 0 bridgehead atoms. The minimum absolute atomic E-state index is 0.0738. The van der Waals surface area contributed by atoms with Crippen LogP contribution in [0.2, 0.25) is 10.0 Å². The molecule has 0 radical (unpaired) electrons. The van der Waals surface area contributed by atoms with E-state index >= 15 is 0 Å². The first kappa shape index (κ1) is 37.7. The van der Waals surface area contributed by atoms with E-state index in [-0.39, 0.29) is 4.90 Å². The molecule has 0 fully saturated rings. The lowest BCUT2D eigenvalue weighted by Crippen LogP contribution is -2.38. The van der Waals surface area contributed by atoms with E-state index in [0.717, 1.165) is 28.0 Å². The topological polar surface area (TPSA) is 83.1 Å². The number of anilines is 2. The largest absolute Gasteiger partial charge is 0.456 e. The first-order chi connectivity index (χ1) is 26.3. The average molecular weight is 792 g/mol. The Balaban J connectivity index is 1.42. The maximum Gasteiger partial charge on any atom is 0.424 e. The molecule has 8 nitrogen and oxygen atoms in total. The zero-order valence-electron chi connectivity index (χ0n) is 30.8. The number of sulfonamides is 1. The first-order valence-corrected chi connectivity index (χ1v) is 19.6. The molecule has 2 aliphatic rings. The van der Waals surface area contributed by atoms with E-state index in [4.69, 9.17) is 32.4 Å². The average Bonchev–Trinajstić information content (AvgIpc) is 3.19. The fourth-order valence-corrected chi connectivity index (χ4v) is 8.38. The van der Waals surface area contributed by atoms with Crippen molar-refractivity contribution in [3.05, 3.63) is 160 Å². The SMILES string of the molecule is CN(c1ccc2c(-c3ccccc3S(=O)(=O)N(C)C(=O)OC(C)(C)c3ccccc3)c3ccc(=[N+](C)c4ccccc4Cl)cc-3oc2c1)c1ccccc1Cl. The molecule has 0 aromatic heterocycles. The Morgan fingerprint density at radius 3 is 2.13 bits per heavy atom. The number of carbonyl (C=O) groups is 1. The summed E-state index contributed by atoms with van der Waals surface area (Å²) in [5, 5.41) is 2.63. The molecule has 0 saturated heterocycles. The maximum absolute atomic E-state index is 14.5. The highest BCUT2D eigenvalue weighted by Crippen LogP contribution is 2.44. The van der Waals surface area contributed by atoms with Gasteiger partial charge in [0.1, 0.15) is 29.0 Å². The second-order valence-corrected chi connectivity index (χ2v) is 16.3. The first-order valence-electron chi connectivity index (χ1n) is 17.4. The van der Waals surface area contributed by atoms with Crippen LogP contribution < -0.4 is 14.8 Å². The Hall–Kier alpha value is -5.61. The van der Waals surface area contributed by atoms with Crippen LogP contribution in [0.1, 0.15) is 19.4 Å². The third kappa shape index (κ3) is 7.18. The van der Waals surface area contributed by atoms with Crippen molar-refractivity contribution in [1.29, 1.82) is 0 Å². The van der Waals surface area contributed by atoms with Crippen LogP contribution in [0.3, 0.4) is 0 Å². The number of hydrogen-bond donors (Lipinski definition) is 0. The number of amides is 1. The van der Waals surface area contributed by atoms with E-state index in [1.807, 2.05) is 139 Å². The van der Waals surface area contributed by atoms with Crippen molar-refractivity contribution < 1.29 is 22.4 Å². The van der Waals surface area contributed by atoms with Crippen LogP contribution in [-0.4, -0.2) is 40.0 Å². The molecule has 5 aromatic rings. The van der Waals surface area contributed by atoms with Crippen LogP contribution in [0.15, 0.2) is 149 Å². The highest BCUT2D eigenvalue weighted by atomic mass is 35.5. The fraction of sp³-hybridized carbons (Fsp3) is 0.136. The Bertz CT molecular complexity index is 2730. The number of ether oxygens (including phenoxy) is 1. The van der Waals surface area contributed by atoms with Crippen LogP contribution >= 0.6 is 23.2 Å². The molecule has 1 aliphatic heterocycles. The fourth-order valence-electron chi connectivity index (χ4n) is 6.63. The monoisotopic (exact) mass is 790 g/mol. The van der Waals surface area contributed by atoms with Crippen LogP contribution in [-0.2, 0) is 20.4 Å². The summed E-state index contributed by atoms with van der Waals surface area (Å²) < 4.78 is 44.1.